The van der Waals surface area contributed by atoms with Gasteiger partial charge in [-0.25, -0.2) is 0 Å². The van der Waals surface area contributed by atoms with Crippen LogP contribution in [0.3, 0.4) is 0 Å². The maximum atomic E-state index is 11.6. The van der Waals surface area contributed by atoms with Gasteiger partial charge in [-0.1, -0.05) is 0 Å². The van der Waals surface area contributed by atoms with E-state index in [0.29, 0.717) is 17.3 Å². The van der Waals surface area contributed by atoms with Gasteiger partial charge in [-0.2, -0.15) is 5.26 Å². The fourth-order valence-electron chi connectivity index (χ4n) is 1.89. The Balaban J connectivity index is 1.82. The highest BCUT2D eigenvalue weighted by Gasteiger charge is 2.23. The molecule has 2 aromatic rings. The molecule has 21 heavy (non-hydrogen) atoms. The van der Waals surface area contributed by atoms with Crippen molar-refractivity contribution in [2.24, 2.45) is 0 Å². The molecule has 0 saturated carbocycles. The molecular formula is C14H11N5O2. The molecule has 1 atom stereocenters. The number of fused-ring (bicyclic) bond motifs is 1. The third-order valence-electron chi connectivity index (χ3n) is 2.96. The van der Waals surface area contributed by atoms with Crippen molar-refractivity contribution in [2.45, 2.75) is 13.0 Å². The lowest BCUT2D eigenvalue weighted by atomic mass is 10.2. The van der Waals surface area contributed by atoms with Gasteiger partial charge in [0.1, 0.15) is 11.8 Å². The number of rotatable bonds is 2. The summed E-state index contributed by atoms with van der Waals surface area (Å²) in [5.74, 6) is 0.946. The molecule has 3 rings (SSSR count). The lowest BCUT2D eigenvalue weighted by molar-refractivity contribution is -0.122. The van der Waals surface area contributed by atoms with Gasteiger partial charge in [0.15, 0.2) is 17.6 Å². The summed E-state index contributed by atoms with van der Waals surface area (Å²) in [7, 11) is 0. The summed E-state index contributed by atoms with van der Waals surface area (Å²) in [4.78, 5) is 11.6. The first-order valence-electron chi connectivity index (χ1n) is 6.28. The summed E-state index contributed by atoms with van der Waals surface area (Å²) in [6.45, 7) is 1.69. The molecule has 2 N–H and O–H groups in total. The first-order valence-corrected chi connectivity index (χ1v) is 6.28. The van der Waals surface area contributed by atoms with E-state index in [4.69, 9.17) is 10.00 Å². The van der Waals surface area contributed by atoms with Crippen LogP contribution in [-0.4, -0.2) is 22.2 Å². The van der Waals surface area contributed by atoms with Crippen molar-refractivity contribution in [3.05, 3.63) is 36.0 Å². The second-order valence-corrected chi connectivity index (χ2v) is 4.50. The number of nitrogens with one attached hydrogen (secondary N) is 2. The minimum atomic E-state index is -0.499. The van der Waals surface area contributed by atoms with Gasteiger partial charge in [-0.05, 0) is 37.3 Å². The van der Waals surface area contributed by atoms with E-state index in [9.17, 15) is 4.79 Å². The van der Waals surface area contributed by atoms with Crippen molar-refractivity contribution < 1.29 is 9.53 Å². The maximum absolute atomic E-state index is 11.6. The van der Waals surface area contributed by atoms with Crippen LogP contribution in [0.15, 0.2) is 30.3 Å². The molecule has 2 heterocycles. The van der Waals surface area contributed by atoms with Crippen LogP contribution in [0.25, 0.3) is 0 Å². The summed E-state index contributed by atoms with van der Waals surface area (Å²) in [6.07, 6.45) is -0.499. The Labute approximate surface area is 120 Å². The molecule has 0 fully saturated rings. The van der Waals surface area contributed by atoms with Gasteiger partial charge in [0, 0.05) is 5.69 Å². The van der Waals surface area contributed by atoms with Crippen LogP contribution < -0.4 is 15.4 Å². The zero-order chi connectivity index (χ0) is 14.8. The first kappa shape index (κ1) is 12.9. The Morgan fingerprint density at radius 3 is 2.90 bits per heavy atom. The van der Waals surface area contributed by atoms with E-state index in [1.165, 1.54) is 0 Å². The van der Waals surface area contributed by atoms with Crippen LogP contribution in [0.1, 0.15) is 12.6 Å². The Morgan fingerprint density at radius 1 is 1.33 bits per heavy atom. The molecule has 104 valence electrons. The molecule has 0 bridgehead atoms. The number of amides is 1. The molecule has 0 radical (unpaired) electrons. The van der Waals surface area contributed by atoms with Gasteiger partial charge in [-0.15, -0.1) is 10.2 Å². The van der Waals surface area contributed by atoms with Gasteiger partial charge in [0.25, 0.3) is 5.91 Å². The number of hydrogen-bond donors (Lipinski definition) is 2. The van der Waals surface area contributed by atoms with E-state index < -0.39 is 6.10 Å². The van der Waals surface area contributed by atoms with Crippen molar-refractivity contribution in [1.29, 1.82) is 5.26 Å². The maximum Gasteiger partial charge on any atom is 0.265 e. The fraction of sp³-hybridized carbons (Fsp3) is 0.143. The summed E-state index contributed by atoms with van der Waals surface area (Å²) >= 11 is 0. The molecular weight excluding hydrogens is 270 g/mol. The van der Waals surface area contributed by atoms with E-state index >= 15 is 0 Å². The molecule has 0 spiro atoms. The summed E-state index contributed by atoms with van der Waals surface area (Å²) in [5.41, 5.74) is 1.58. The number of anilines is 3. The second kappa shape index (κ2) is 5.09. The van der Waals surface area contributed by atoms with Crippen LogP contribution in [0.4, 0.5) is 17.2 Å². The molecule has 1 unspecified atom stereocenters. The number of ether oxygens (including phenoxy) is 1. The van der Waals surface area contributed by atoms with Crippen molar-refractivity contribution in [2.75, 3.05) is 10.6 Å². The highest BCUT2D eigenvalue weighted by atomic mass is 16.5. The minimum absolute atomic E-state index is 0.183. The Hall–Kier alpha value is -3.14. The number of benzene rings is 1. The predicted molar refractivity (Wildman–Crippen MR) is 75.2 cm³/mol. The lowest BCUT2D eigenvalue weighted by Gasteiger charge is -2.23. The molecule has 0 saturated heterocycles. The largest absolute Gasteiger partial charge is 0.479 e. The number of nitrogens with zero attached hydrogens (tertiary/aromatic N) is 3. The van der Waals surface area contributed by atoms with E-state index in [2.05, 4.69) is 20.8 Å². The monoisotopic (exact) mass is 281 g/mol. The third kappa shape index (κ3) is 2.60. The van der Waals surface area contributed by atoms with Crippen LogP contribution >= 0.6 is 0 Å². The second-order valence-electron chi connectivity index (χ2n) is 4.50. The highest BCUT2D eigenvalue weighted by molar-refractivity contribution is 5.98. The molecule has 1 aromatic heterocycles. The number of carbonyl (C=O) groups is 1. The predicted octanol–water partition coefficient (Wildman–Crippen LogP) is 1.81. The van der Waals surface area contributed by atoms with Crippen LogP contribution in [0, 0.1) is 11.3 Å². The minimum Gasteiger partial charge on any atom is -0.479 e. The summed E-state index contributed by atoms with van der Waals surface area (Å²) < 4.78 is 5.48. The van der Waals surface area contributed by atoms with Crippen LogP contribution in [0.5, 0.6) is 5.75 Å². The van der Waals surface area contributed by atoms with Crippen LogP contribution in [0.2, 0.25) is 0 Å². The van der Waals surface area contributed by atoms with E-state index in [1.54, 1.807) is 31.2 Å². The molecule has 1 aliphatic rings. The Morgan fingerprint density at radius 2 is 2.19 bits per heavy atom. The van der Waals surface area contributed by atoms with Gasteiger partial charge in [0.05, 0.1) is 5.69 Å². The van der Waals surface area contributed by atoms with E-state index in [0.717, 1.165) is 5.69 Å². The van der Waals surface area contributed by atoms with Crippen molar-refractivity contribution in [3.63, 3.8) is 0 Å². The van der Waals surface area contributed by atoms with E-state index in [1.807, 2.05) is 12.1 Å². The molecule has 1 aromatic carbocycles. The normalized spacial score (nSPS) is 16.2. The molecule has 0 aliphatic carbocycles. The van der Waals surface area contributed by atoms with Gasteiger partial charge in [-0.3, -0.25) is 4.79 Å². The average molecular weight is 281 g/mol. The standard InChI is InChI=1S/C14H11N5O2/c1-8-14(20)17-11-6-9(2-4-12(11)21-8)16-13-5-3-10(7-15)18-19-13/h2-6,8H,1H3,(H,16,19)(H,17,20). The first-order chi connectivity index (χ1) is 10.2. The van der Waals surface area contributed by atoms with Crippen molar-refractivity contribution in [1.82, 2.24) is 10.2 Å². The van der Waals surface area contributed by atoms with Gasteiger partial charge < -0.3 is 15.4 Å². The number of hydrogen-bond acceptors (Lipinski definition) is 6. The lowest BCUT2D eigenvalue weighted by Crippen LogP contribution is -2.34. The Kier molecular flexibility index (Phi) is 3.12. The van der Waals surface area contributed by atoms with Crippen LogP contribution in [-0.2, 0) is 4.79 Å². The average Bonchev–Trinajstić information content (AvgIpc) is 2.49. The number of aromatic nitrogens is 2. The van der Waals surface area contributed by atoms with Crippen molar-refractivity contribution >= 4 is 23.1 Å². The topological polar surface area (TPSA) is 99.9 Å². The quantitative estimate of drug-likeness (QED) is 0.870. The summed E-state index contributed by atoms with van der Waals surface area (Å²) in [5, 5.41) is 22.1. The fourth-order valence-corrected chi connectivity index (χ4v) is 1.89. The molecule has 1 amide bonds. The molecule has 7 nitrogen and oxygen atoms in total. The SMILES string of the molecule is CC1Oc2ccc(Nc3ccc(C#N)nn3)cc2NC1=O. The summed E-state index contributed by atoms with van der Waals surface area (Å²) in [6, 6.07) is 10.5. The third-order valence-corrected chi connectivity index (χ3v) is 2.96. The van der Waals surface area contributed by atoms with Gasteiger partial charge >= 0.3 is 0 Å². The zero-order valence-electron chi connectivity index (χ0n) is 11.1. The Bertz CT molecular complexity index is 736. The highest BCUT2D eigenvalue weighted by Crippen LogP contribution is 2.32. The smallest absolute Gasteiger partial charge is 0.265 e. The number of carbonyl (C=O) groups excluding carboxylic acids is 1. The van der Waals surface area contributed by atoms with Gasteiger partial charge in [0.2, 0.25) is 0 Å². The van der Waals surface area contributed by atoms with E-state index in [-0.39, 0.29) is 11.6 Å². The molecule has 7 heteroatoms. The molecule has 1 aliphatic heterocycles. The zero-order valence-corrected chi connectivity index (χ0v) is 11.1. The number of nitriles is 1. The van der Waals surface area contributed by atoms with Crippen molar-refractivity contribution in [3.8, 4) is 11.8 Å².